The van der Waals surface area contributed by atoms with Crippen LogP contribution in [0.25, 0.3) is 0 Å². The van der Waals surface area contributed by atoms with Gasteiger partial charge in [-0.15, -0.1) is 0 Å². The van der Waals surface area contributed by atoms with Gasteiger partial charge in [0.1, 0.15) is 24.7 Å². The van der Waals surface area contributed by atoms with E-state index in [-0.39, 0.29) is 31.0 Å². The summed E-state index contributed by atoms with van der Waals surface area (Å²) < 4.78 is 42.2. The Bertz CT molecular complexity index is 1440. The Morgan fingerprint density at radius 1 is 1.27 bits per heavy atom. The number of carbonyl (C=O) groups is 1. The van der Waals surface area contributed by atoms with Crippen LogP contribution in [0.15, 0.2) is 47.7 Å². The van der Waals surface area contributed by atoms with Gasteiger partial charge in [0.05, 0.1) is 44.2 Å². The summed E-state index contributed by atoms with van der Waals surface area (Å²) in [5, 5.41) is 20.6. The molecular weight excluding hydrogens is 536 g/mol. The molecule has 13 heteroatoms. The van der Waals surface area contributed by atoms with Crippen LogP contribution in [-0.4, -0.2) is 65.7 Å². The Kier molecular flexibility index (Phi) is 8.36. The Labute approximate surface area is 235 Å². The Morgan fingerprint density at radius 3 is 2.80 bits per heavy atom. The molecule has 1 amide bonds. The highest BCUT2D eigenvalue weighted by Crippen LogP contribution is 2.38. The van der Waals surface area contributed by atoms with E-state index in [1.165, 1.54) is 41.2 Å². The normalized spacial score (nSPS) is 16.9. The summed E-state index contributed by atoms with van der Waals surface area (Å²) >= 11 is 0. The third-order valence-electron chi connectivity index (χ3n) is 7.35. The molecule has 1 saturated carbocycles. The zero-order valence-corrected chi connectivity index (χ0v) is 22.7. The predicted molar refractivity (Wildman–Crippen MR) is 150 cm³/mol. The molecule has 1 fully saturated rings. The van der Waals surface area contributed by atoms with Crippen LogP contribution in [0, 0.1) is 11.6 Å². The summed E-state index contributed by atoms with van der Waals surface area (Å²) in [6.45, 7) is 0.924. The van der Waals surface area contributed by atoms with Gasteiger partial charge in [-0.25, -0.2) is 13.8 Å². The molecule has 41 heavy (non-hydrogen) atoms. The number of carbonyl (C=O) groups excluding carboxylic acids is 1. The number of amides is 1. The molecule has 2 aromatic carbocycles. The first-order valence-corrected chi connectivity index (χ1v) is 13.4. The van der Waals surface area contributed by atoms with Gasteiger partial charge in [0.2, 0.25) is 5.91 Å². The minimum atomic E-state index is -1.02. The smallest absolute Gasteiger partial charge is 0.239 e. The number of nitrogens with one attached hydrogen (secondary N) is 2. The largest absolute Gasteiger partial charge is 0.493 e. The number of hydrogen-bond donors (Lipinski definition) is 4. The zero-order valence-electron chi connectivity index (χ0n) is 22.7. The van der Waals surface area contributed by atoms with Gasteiger partial charge in [0, 0.05) is 23.7 Å². The van der Waals surface area contributed by atoms with Gasteiger partial charge in [0.25, 0.3) is 0 Å². The molecule has 218 valence electrons. The summed E-state index contributed by atoms with van der Waals surface area (Å²) in [7, 11) is 1.51. The van der Waals surface area contributed by atoms with Crippen molar-refractivity contribution in [1.29, 1.82) is 0 Å². The lowest BCUT2D eigenvalue weighted by molar-refractivity contribution is -0.118. The number of ether oxygens (including phenoxy) is 2. The van der Waals surface area contributed by atoms with Crippen LogP contribution >= 0.6 is 0 Å². The number of benzene rings is 2. The van der Waals surface area contributed by atoms with Crippen molar-refractivity contribution >= 4 is 28.8 Å². The van der Waals surface area contributed by atoms with Gasteiger partial charge < -0.3 is 35.8 Å². The number of halogens is 2. The van der Waals surface area contributed by atoms with Gasteiger partial charge >= 0.3 is 0 Å². The molecule has 0 saturated heterocycles. The third-order valence-corrected chi connectivity index (χ3v) is 7.35. The van der Waals surface area contributed by atoms with E-state index in [9.17, 15) is 18.7 Å². The minimum absolute atomic E-state index is 0.0125. The van der Waals surface area contributed by atoms with Crippen molar-refractivity contribution in [3.8, 4) is 11.5 Å². The van der Waals surface area contributed by atoms with Crippen molar-refractivity contribution in [1.82, 2.24) is 15.1 Å². The third kappa shape index (κ3) is 6.10. The first-order chi connectivity index (χ1) is 19.8. The molecule has 3 aromatic rings. The Balaban J connectivity index is 1.46. The number of hydrogen-bond acceptors (Lipinski definition) is 8. The van der Waals surface area contributed by atoms with Gasteiger partial charge in [-0.2, -0.15) is 5.10 Å². The number of aromatic nitrogens is 2. The predicted octanol–water partition coefficient (Wildman–Crippen LogP) is 2.90. The van der Waals surface area contributed by atoms with Crippen molar-refractivity contribution < 1.29 is 28.2 Å². The van der Waals surface area contributed by atoms with E-state index in [0.717, 1.165) is 31.7 Å². The number of primary amides is 1. The summed E-state index contributed by atoms with van der Waals surface area (Å²) in [5.41, 5.74) is 6.59. The van der Waals surface area contributed by atoms with Crippen LogP contribution in [-0.2, 0) is 11.3 Å². The van der Waals surface area contributed by atoms with Gasteiger partial charge in [-0.1, -0.05) is 18.9 Å². The average Bonchev–Trinajstić information content (AvgIpc) is 3.62. The van der Waals surface area contributed by atoms with E-state index in [4.69, 9.17) is 20.2 Å². The van der Waals surface area contributed by atoms with Crippen molar-refractivity contribution in [3.63, 3.8) is 0 Å². The number of amidine groups is 1. The standard InChI is InChI=1S/C28H33F2N7O4/c1-40-23-11-19-21(12-24(23)41-10-9-33-28(16-38)7-2-3-8-28)32-17-37(22-6-4-5-20(29)26(22)30)27(19)35-18-13-34-36(14-18)15-25(31)39/h4-6,11-14,32-33,38H,2-3,7-10,15-17H2,1H3,(H2,31,39). The maximum absolute atomic E-state index is 14.9. The van der Waals surface area contributed by atoms with Gasteiger partial charge in [0.15, 0.2) is 23.1 Å². The molecular formula is C28H33F2N7O4. The molecule has 2 heterocycles. The maximum Gasteiger partial charge on any atom is 0.239 e. The number of rotatable bonds is 11. The molecule has 1 aromatic heterocycles. The van der Waals surface area contributed by atoms with E-state index in [1.54, 1.807) is 12.1 Å². The number of fused-ring (bicyclic) bond motifs is 1. The molecule has 5 rings (SSSR count). The number of aliphatic hydroxyl groups excluding tert-OH is 1. The Morgan fingerprint density at radius 2 is 2.07 bits per heavy atom. The van der Waals surface area contributed by atoms with E-state index in [2.05, 4.69) is 15.7 Å². The number of nitrogens with two attached hydrogens (primary N) is 1. The second kappa shape index (κ2) is 12.1. The highest BCUT2D eigenvalue weighted by Gasteiger charge is 2.32. The molecule has 0 spiro atoms. The summed E-state index contributed by atoms with van der Waals surface area (Å²) in [6, 6.07) is 7.42. The fourth-order valence-corrected chi connectivity index (χ4v) is 5.27. The van der Waals surface area contributed by atoms with Crippen molar-refractivity contribution in [2.45, 2.75) is 37.8 Å². The zero-order chi connectivity index (χ0) is 29.0. The first-order valence-electron chi connectivity index (χ1n) is 13.4. The second-order valence-electron chi connectivity index (χ2n) is 10.1. The average molecular weight is 570 g/mol. The molecule has 1 aliphatic carbocycles. The maximum atomic E-state index is 14.9. The van der Waals surface area contributed by atoms with Crippen molar-refractivity contribution in [2.75, 3.05) is 43.8 Å². The molecule has 11 nitrogen and oxygen atoms in total. The van der Waals surface area contributed by atoms with E-state index in [1.807, 2.05) is 0 Å². The molecule has 5 N–H and O–H groups in total. The van der Waals surface area contributed by atoms with Gasteiger partial charge in [-0.3, -0.25) is 9.48 Å². The Hall–Kier alpha value is -4.23. The fraction of sp³-hybridized carbons (Fsp3) is 0.393. The van der Waals surface area contributed by atoms with E-state index < -0.39 is 17.5 Å². The van der Waals surface area contributed by atoms with Crippen LogP contribution in [0.5, 0.6) is 11.5 Å². The topological polar surface area (TPSA) is 139 Å². The lowest BCUT2D eigenvalue weighted by Gasteiger charge is -2.33. The van der Waals surface area contributed by atoms with Crippen LogP contribution in [0.2, 0.25) is 0 Å². The number of aliphatic imine (C=N–C) groups is 1. The number of aliphatic hydroxyl groups is 1. The fourth-order valence-electron chi connectivity index (χ4n) is 5.27. The molecule has 0 unspecified atom stereocenters. The summed E-state index contributed by atoms with van der Waals surface area (Å²) in [5.74, 6) is -1.36. The van der Waals surface area contributed by atoms with E-state index >= 15 is 0 Å². The molecule has 1 aliphatic heterocycles. The molecule has 0 atom stereocenters. The van der Waals surface area contributed by atoms with Crippen LogP contribution in [0.1, 0.15) is 31.2 Å². The molecule has 0 bridgehead atoms. The lowest BCUT2D eigenvalue weighted by atomic mass is 9.99. The highest BCUT2D eigenvalue weighted by atomic mass is 19.2. The van der Waals surface area contributed by atoms with Crippen LogP contribution in [0.4, 0.5) is 25.8 Å². The monoisotopic (exact) mass is 569 g/mol. The number of methoxy groups -OCH3 is 1. The van der Waals surface area contributed by atoms with Gasteiger partial charge in [-0.05, 0) is 31.0 Å². The SMILES string of the molecule is COc1cc2c(cc1OCCNC1(CO)CCCC1)NCN(c1cccc(F)c1F)C2=Nc1cnn(CC(N)=O)c1. The molecule has 2 aliphatic rings. The van der Waals surface area contributed by atoms with Crippen LogP contribution < -0.4 is 30.7 Å². The summed E-state index contributed by atoms with van der Waals surface area (Å²) in [6.07, 6.45) is 7.02. The van der Waals surface area contributed by atoms with Crippen LogP contribution in [0.3, 0.4) is 0 Å². The second-order valence-corrected chi connectivity index (χ2v) is 10.1. The minimum Gasteiger partial charge on any atom is -0.493 e. The lowest BCUT2D eigenvalue weighted by Crippen LogP contribution is -2.47. The molecule has 0 radical (unpaired) electrons. The number of anilines is 2. The first kappa shape index (κ1) is 28.3. The quantitative estimate of drug-likeness (QED) is 0.259. The summed E-state index contributed by atoms with van der Waals surface area (Å²) in [4.78, 5) is 17.5. The highest BCUT2D eigenvalue weighted by molar-refractivity contribution is 6.16. The van der Waals surface area contributed by atoms with Crippen molar-refractivity contribution in [2.24, 2.45) is 10.7 Å². The van der Waals surface area contributed by atoms with E-state index in [0.29, 0.717) is 47.4 Å². The van der Waals surface area contributed by atoms with Crippen molar-refractivity contribution in [3.05, 3.63) is 59.9 Å². The number of nitrogens with zero attached hydrogens (tertiary/aromatic N) is 4.